The predicted molar refractivity (Wildman–Crippen MR) is 129 cm³/mol. The van der Waals surface area contributed by atoms with E-state index in [9.17, 15) is 9.18 Å². The second-order valence-corrected chi connectivity index (χ2v) is 8.28. The van der Waals surface area contributed by atoms with Gasteiger partial charge in [-0.25, -0.2) is 23.7 Å². The highest BCUT2D eigenvalue weighted by Crippen LogP contribution is 2.40. The molecule has 10 heteroatoms. The van der Waals surface area contributed by atoms with E-state index >= 15 is 4.39 Å². The minimum absolute atomic E-state index is 0.0215. The van der Waals surface area contributed by atoms with Gasteiger partial charge in [-0.15, -0.1) is 0 Å². The highest BCUT2D eigenvalue weighted by Gasteiger charge is 2.25. The monoisotopic (exact) mass is 480 g/mol. The Morgan fingerprint density at radius 2 is 1.88 bits per heavy atom. The number of fused-ring (bicyclic) bond motifs is 2. The Balaban J connectivity index is 1.63. The number of aromatic nitrogens is 3. The molecular formula is C24H19ClF2N6O. The van der Waals surface area contributed by atoms with Crippen molar-refractivity contribution in [1.82, 2.24) is 19.9 Å². The van der Waals surface area contributed by atoms with Crippen molar-refractivity contribution in [2.75, 3.05) is 36.8 Å². The third-order valence-corrected chi connectivity index (χ3v) is 6.15. The third kappa shape index (κ3) is 3.77. The molecule has 172 valence electrons. The second kappa shape index (κ2) is 8.83. The number of carbonyl (C=O) groups excluding carboxylic acids is 1. The molecule has 0 unspecified atom stereocenters. The van der Waals surface area contributed by atoms with Gasteiger partial charge in [-0.05, 0) is 29.7 Å². The maximum atomic E-state index is 15.9. The molecule has 0 atom stereocenters. The number of nitrogens with two attached hydrogens (primary N) is 1. The Morgan fingerprint density at radius 1 is 1.09 bits per heavy atom. The minimum Gasteiger partial charge on any atom is -0.384 e. The van der Waals surface area contributed by atoms with Gasteiger partial charge in [-0.2, -0.15) is 0 Å². The first-order valence-corrected chi connectivity index (χ1v) is 10.9. The summed E-state index contributed by atoms with van der Waals surface area (Å²) in [4.78, 5) is 27.4. The van der Waals surface area contributed by atoms with Crippen LogP contribution in [-0.4, -0.2) is 52.3 Å². The number of pyridine rings is 1. The van der Waals surface area contributed by atoms with Crippen molar-refractivity contribution >= 4 is 51.2 Å². The molecule has 3 heterocycles. The van der Waals surface area contributed by atoms with Crippen LogP contribution in [-0.2, 0) is 4.79 Å². The average Bonchev–Trinajstić information content (AvgIpc) is 2.82. The zero-order valence-corrected chi connectivity index (χ0v) is 18.6. The summed E-state index contributed by atoms with van der Waals surface area (Å²) in [5, 5.41) is 1.11. The molecule has 7 nitrogen and oxygen atoms in total. The molecule has 0 spiro atoms. The fourth-order valence-corrected chi connectivity index (χ4v) is 4.57. The molecule has 0 bridgehead atoms. The maximum absolute atomic E-state index is 15.9. The first-order chi connectivity index (χ1) is 16.5. The Bertz CT molecular complexity index is 1450. The van der Waals surface area contributed by atoms with E-state index in [1.165, 1.54) is 24.5 Å². The van der Waals surface area contributed by atoms with Crippen molar-refractivity contribution in [3.8, 4) is 11.3 Å². The largest absolute Gasteiger partial charge is 0.384 e. The van der Waals surface area contributed by atoms with E-state index in [0.29, 0.717) is 42.8 Å². The quantitative estimate of drug-likeness (QED) is 0.346. The smallest absolute Gasteiger partial charge is 0.160 e. The van der Waals surface area contributed by atoms with Gasteiger partial charge in [-0.1, -0.05) is 23.7 Å². The van der Waals surface area contributed by atoms with Crippen molar-refractivity contribution < 1.29 is 13.6 Å². The molecule has 0 amide bonds. The molecule has 34 heavy (non-hydrogen) atoms. The molecule has 1 fully saturated rings. The van der Waals surface area contributed by atoms with Gasteiger partial charge in [0.15, 0.2) is 5.82 Å². The Morgan fingerprint density at radius 3 is 2.65 bits per heavy atom. The van der Waals surface area contributed by atoms with Crippen LogP contribution in [0, 0.1) is 11.6 Å². The van der Waals surface area contributed by atoms with Crippen molar-refractivity contribution in [3.05, 3.63) is 65.6 Å². The molecule has 1 saturated heterocycles. The molecular weight excluding hydrogens is 462 g/mol. The number of allylic oxidation sites excluding steroid dienone is 1. The molecule has 2 aromatic carbocycles. The number of hydrogen-bond acceptors (Lipinski definition) is 7. The number of halogens is 3. The van der Waals surface area contributed by atoms with E-state index in [2.05, 4.69) is 15.0 Å². The molecule has 0 aliphatic carbocycles. The molecule has 1 aliphatic heterocycles. The van der Waals surface area contributed by atoms with Gasteiger partial charge in [0.05, 0.1) is 16.3 Å². The lowest BCUT2D eigenvalue weighted by atomic mass is 10.0. The van der Waals surface area contributed by atoms with Crippen LogP contribution in [0.25, 0.3) is 32.9 Å². The highest BCUT2D eigenvalue weighted by atomic mass is 35.5. The Labute approximate surface area is 198 Å². The summed E-state index contributed by atoms with van der Waals surface area (Å²) in [5.74, 6) is -0.608. The number of carbonyl (C=O) groups is 1. The van der Waals surface area contributed by atoms with Crippen LogP contribution in [0.1, 0.15) is 0 Å². The van der Waals surface area contributed by atoms with Crippen molar-refractivity contribution in [2.24, 2.45) is 0 Å². The van der Waals surface area contributed by atoms with E-state index in [0.717, 1.165) is 6.29 Å². The first kappa shape index (κ1) is 22.0. The van der Waals surface area contributed by atoms with Crippen LogP contribution >= 0.6 is 11.6 Å². The summed E-state index contributed by atoms with van der Waals surface area (Å²) in [6, 6.07) is 7.62. The fraction of sp³-hybridized carbons (Fsp3) is 0.167. The number of aldehydes is 1. The standard InChI is InChI=1S/C24H19ClF2N6O/c25-16-12-15-22(29-13-30-24(15)33-8-6-32(7-9-33)5-2-10-34)21(27)20(16)23-19-14(11-18(28)31-23)3-1-4-17(19)26/h1-5,10-13H,6-9H2,(H2,28,31). The van der Waals surface area contributed by atoms with E-state index in [1.54, 1.807) is 24.4 Å². The van der Waals surface area contributed by atoms with Gasteiger partial charge in [0, 0.05) is 43.2 Å². The SMILES string of the molecule is Nc1cc2cccc(F)c2c(-c2c(Cl)cc3c(N4CCN(C=CC=O)CC4)ncnc3c2F)n1. The maximum Gasteiger partial charge on any atom is 0.160 e. The normalized spacial score (nSPS) is 14.4. The molecule has 5 rings (SSSR count). The number of nitrogen functional groups attached to an aromatic ring is 1. The molecule has 0 saturated carbocycles. The number of rotatable bonds is 4. The van der Waals surface area contributed by atoms with Gasteiger partial charge in [0.2, 0.25) is 0 Å². The number of nitrogens with zero attached hydrogens (tertiary/aromatic N) is 5. The fourth-order valence-electron chi connectivity index (χ4n) is 4.29. The number of piperazine rings is 1. The lowest BCUT2D eigenvalue weighted by Gasteiger charge is -2.35. The van der Waals surface area contributed by atoms with Gasteiger partial charge in [-0.3, -0.25) is 4.79 Å². The van der Waals surface area contributed by atoms with Gasteiger partial charge >= 0.3 is 0 Å². The molecule has 1 aliphatic rings. The van der Waals surface area contributed by atoms with E-state index in [4.69, 9.17) is 17.3 Å². The average molecular weight is 481 g/mol. The minimum atomic E-state index is -0.721. The van der Waals surface area contributed by atoms with Gasteiger partial charge < -0.3 is 15.5 Å². The van der Waals surface area contributed by atoms with Crippen LogP contribution < -0.4 is 10.6 Å². The molecule has 2 aromatic heterocycles. The van der Waals surface area contributed by atoms with Crippen LogP contribution in [0.5, 0.6) is 0 Å². The number of hydrogen-bond donors (Lipinski definition) is 1. The van der Waals surface area contributed by atoms with Crippen molar-refractivity contribution in [3.63, 3.8) is 0 Å². The summed E-state index contributed by atoms with van der Waals surface area (Å²) in [7, 11) is 0. The topological polar surface area (TPSA) is 88.2 Å². The number of benzene rings is 2. The molecule has 2 N–H and O–H groups in total. The lowest BCUT2D eigenvalue weighted by Crippen LogP contribution is -2.44. The lowest BCUT2D eigenvalue weighted by molar-refractivity contribution is -0.104. The summed E-state index contributed by atoms with van der Waals surface area (Å²) in [5.41, 5.74) is 5.94. The molecule has 4 aromatic rings. The highest BCUT2D eigenvalue weighted by molar-refractivity contribution is 6.34. The zero-order chi connectivity index (χ0) is 23.8. The molecule has 0 radical (unpaired) electrons. The zero-order valence-electron chi connectivity index (χ0n) is 17.9. The van der Waals surface area contributed by atoms with Crippen LogP contribution in [0.4, 0.5) is 20.4 Å². The van der Waals surface area contributed by atoms with Crippen molar-refractivity contribution in [2.45, 2.75) is 0 Å². The van der Waals surface area contributed by atoms with Crippen molar-refractivity contribution in [1.29, 1.82) is 0 Å². The van der Waals surface area contributed by atoms with Gasteiger partial charge in [0.25, 0.3) is 0 Å². The summed E-state index contributed by atoms with van der Waals surface area (Å²) >= 11 is 6.57. The van der Waals surface area contributed by atoms with E-state index in [-0.39, 0.29) is 33.0 Å². The predicted octanol–water partition coefficient (Wildman–Crippen LogP) is 4.19. The van der Waals surface area contributed by atoms with Crippen LogP contribution in [0.15, 0.2) is 48.9 Å². The summed E-state index contributed by atoms with van der Waals surface area (Å²) < 4.78 is 30.7. The van der Waals surface area contributed by atoms with Gasteiger partial charge in [0.1, 0.15) is 35.6 Å². The second-order valence-electron chi connectivity index (χ2n) is 7.88. The van der Waals surface area contributed by atoms with E-state index in [1.807, 2.05) is 9.80 Å². The number of anilines is 2. The van der Waals surface area contributed by atoms with Crippen LogP contribution in [0.2, 0.25) is 5.02 Å². The third-order valence-electron chi connectivity index (χ3n) is 5.85. The first-order valence-electron chi connectivity index (χ1n) is 10.6. The summed E-state index contributed by atoms with van der Waals surface area (Å²) in [6.07, 6.45) is 5.22. The van der Waals surface area contributed by atoms with E-state index < -0.39 is 11.6 Å². The summed E-state index contributed by atoms with van der Waals surface area (Å²) in [6.45, 7) is 2.57. The van der Waals surface area contributed by atoms with Crippen LogP contribution in [0.3, 0.4) is 0 Å². The Hall–Kier alpha value is -3.85. The Kier molecular flexibility index (Phi) is 5.70.